The van der Waals surface area contributed by atoms with Crippen LogP contribution in [0.5, 0.6) is 5.75 Å². The number of carbonyl (C=O) groups excluding carboxylic acids is 2. The smallest absolute Gasteiger partial charge is 0.315 e. The zero-order chi connectivity index (χ0) is 25.0. The molecule has 1 aliphatic heterocycles. The van der Waals surface area contributed by atoms with Crippen LogP contribution >= 0.6 is 0 Å². The number of hydrogen-bond donors (Lipinski definition) is 3. The molecule has 1 saturated heterocycles. The highest BCUT2D eigenvalue weighted by molar-refractivity contribution is 7.89. The molecule has 2 aliphatic carbocycles. The molecule has 3 fully saturated rings. The first kappa shape index (κ1) is 25.8. The second-order valence-corrected chi connectivity index (χ2v) is 12.1. The molecule has 194 valence electrons. The summed E-state index contributed by atoms with van der Waals surface area (Å²) in [4.78, 5) is 25.1. The van der Waals surface area contributed by atoms with Crippen LogP contribution in [0.1, 0.15) is 58.3 Å². The number of nitrogens with one attached hydrogen (secondary N) is 3. The summed E-state index contributed by atoms with van der Waals surface area (Å²) in [7, 11) is -2.22. The third-order valence-corrected chi connectivity index (χ3v) is 9.75. The Morgan fingerprint density at radius 2 is 1.86 bits per heavy atom. The average molecular weight is 507 g/mol. The van der Waals surface area contributed by atoms with E-state index in [1.54, 1.807) is 0 Å². The Morgan fingerprint density at radius 3 is 2.49 bits per heavy atom. The maximum Gasteiger partial charge on any atom is 0.315 e. The van der Waals surface area contributed by atoms with Crippen LogP contribution in [-0.2, 0) is 14.8 Å². The predicted molar refractivity (Wildman–Crippen MR) is 134 cm³/mol. The van der Waals surface area contributed by atoms with Crippen LogP contribution in [0.4, 0.5) is 10.5 Å². The lowest BCUT2D eigenvalue weighted by atomic mass is 9.84. The van der Waals surface area contributed by atoms with Gasteiger partial charge in [0.05, 0.1) is 24.2 Å². The lowest BCUT2D eigenvalue weighted by Crippen LogP contribution is -2.47. The van der Waals surface area contributed by atoms with Crippen molar-refractivity contribution >= 4 is 27.6 Å². The molecule has 3 N–H and O–H groups in total. The highest BCUT2D eigenvalue weighted by Gasteiger charge is 2.42. The molecule has 9 nitrogen and oxygen atoms in total. The van der Waals surface area contributed by atoms with E-state index in [0.717, 1.165) is 31.6 Å². The normalized spacial score (nSPS) is 25.5. The fourth-order valence-electron chi connectivity index (χ4n) is 6.00. The number of carbonyl (C=O) groups is 2. The molecular formula is C25H38N4O5S. The Morgan fingerprint density at radius 1 is 1.11 bits per heavy atom. The number of methoxy groups -OCH3 is 1. The molecule has 35 heavy (non-hydrogen) atoms. The zero-order valence-corrected chi connectivity index (χ0v) is 21.5. The largest absolute Gasteiger partial charge is 0.495 e. The highest BCUT2D eigenvalue weighted by atomic mass is 32.2. The third-order valence-electron chi connectivity index (χ3n) is 7.85. The fraction of sp³-hybridized carbons (Fsp3) is 0.680. The summed E-state index contributed by atoms with van der Waals surface area (Å²) in [5.41, 5.74) is 0.256. The first-order valence-corrected chi connectivity index (χ1v) is 14.2. The van der Waals surface area contributed by atoms with Gasteiger partial charge < -0.3 is 20.7 Å². The average Bonchev–Trinajstić information content (AvgIpc) is 3.37. The number of amides is 3. The molecule has 4 rings (SSSR count). The third kappa shape index (κ3) is 6.09. The van der Waals surface area contributed by atoms with Crippen molar-refractivity contribution in [3.05, 3.63) is 18.2 Å². The van der Waals surface area contributed by atoms with E-state index in [-0.39, 0.29) is 29.2 Å². The van der Waals surface area contributed by atoms with E-state index >= 15 is 0 Å². The Bertz CT molecular complexity index is 1020. The van der Waals surface area contributed by atoms with Crippen LogP contribution < -0.4 is 20.7 Å². The maximum atomic E-state index is 13.2. The van der Waals surface area contributed by atoms with Gasteiger partial charge in [-0.05, 0) is 75.0 Å². The summed E-state index contributed by atoms with van der Waals surface area (Å²) in [5, 5.41) is 8.28. The molecule has 1 aromatic rings. The van der Waals surface area contributed by atoms with Crippen LogP contribution in [0.3, 0.4) is 0 Å². The molecule has 2 bridgehead atoms. The number of nitrogens with zero attached hydrogens (tertiary/aromatic N) is 1. The lowest BCUT2D eigenvalue weighted by Gasteiger charge is -2.28. The Hall–Kier alpha value is -2.33. The standard InChI is InChI=1S/C25H38N4O5S/c1-17(21-14-18-7-8-19(21)13-18)27-25(31)26-16-24(30)28-22-15-20(9-10-23(22)34-2)35(32,33)29-11-5-3-4-6-12-29/h9-10,15,17-19,21H,3-8,11-14,16H2,1-2H3,(H,28,30)(H2,26,27,31). The van der Waals surface area contributed by atoms with Crippen LogP contribution in [0.25, 0.3) is 0 Å². The van der Waals surface area contributed by atoms with E-state index in [9.17, 15) is 18.0 Å². The number of rotatable bonds is 8. The fourth-order valence-corrected chi connectivity index (χ4v) is 7.55. The highest BCUT2D eigenvalue weighted by Crippen LogP contribution is 2.49. The molecule has 0 spiro atoms. The molecule has 4 atom stereocenters. The molecular weight excluding hydrogens is 468 g/mol. The summed E-state index contributed by atoms with van der Waals surface area (Å²) in [6.07, 6.45) is 8.73. The number of hydrogen-bond acceptors (Lipinski definition) is 5. The number of sulfonamides is 1. The van der Waals surface area contributed by atoms with Crippen molar-refractivity contribution in [1.82, 2.24) is 14.9 Å². The van der Waals surface area contributed by atoms with E-state index in [1.165, 1.54) is 55.3 Å². The predicted octanol–water partition coefficient (Wildman–Crippen LogP) is 3.32. The van der Waals surface area contributed by atoms with E-state index in [2.05, 4.69) is 16.0 Å². The van der Waals surface area contributed by atoms with Crippen molar-refractivity contribution in [3.8, 4) is 5.75 Å². The van der Waals surface area contributed by atoms with Gasteiger partial charge in [-0.2, -0.15) is 4.31 Å². The molecule has 1 heterocycles. The van der Waals surface area contributed by atoms with Gasteiger partial charge in [-0.15, -0.1) is 0 Å². The minimum Gasteiger partial charge on any atom is -0.495 e. The van der Waals surface area contributed by atoms with Crippen molar-refractivity contribution in [2.75, 3.05) is 32.1 Å². The van der Waals surface area contributed by atoms with Gasteiger partial charge in [-0.3, -0.25) is 4.79 Å². The minimum absolute atomic E-state index is 0.0642. The molecule has 3 aliphatic rings. The van der Waals surface area contributed by atoms with Crippen molar-refractivity contribution in [3.63, 3.8) is 0 Å². The molecule has 3 amide bonds. The molecule has 0 aromatic heterocycles. The molecule has 0 radical (unpaired) electrons. The minimum atomic E-state index is -3.67. The van der Waals surface area contributed by atoms with Gasteiger partial charge in [-0.25, -0.2) is 13.2 Å². The van der Waals surface area contributed by atoms with Gasteiger partial charge in [0, 0.05) is 19.1 Å². The van der Waals surface area contributed by atoms with Crippen LogP contribution in [0.2, 0.25) is 0 Å². The molecule has 1 aromatic carbocycles. The lowest BCUT2D eigenvalue weighted by molar-refractivity contribution is -0.115. The first-order chi connectivity index (χ1) is 16.8. The summed E-state index contributed by atoms with van der Waals surface area (Å²) in [6, 6.07) is 4.15. The summed E-state index contributed by atoms with van der Waals surface area (Å²) in [6.45, 7) is 2.79. The SMILES string of the molecule is COc1ccc(S(=O)(=O)N2CCCCCC2)cc1NC(=O)CNC(=O)NC(C)C1CC2CCC1C2. The van der Waals surface area contributed by atoms with Gasteiger partial charge in [0.25, 0.3) is 0 Å². The van der Waals surface area contributed by atoms with Crippen molar-refractivity contribution in [2.24, 2.45) is 17.8 Å². The van der Waals surface area contributed by atoms with Gasteiger partial charge in [0.1, 0.15) is 5.75 Å². The Labute approximate surface area is 208 Å². The monoisotopic (exact) mass is 506 g/mol. The number of urea groups is 1. The van der Waals surface area contributed by atoms with Gasteiger partial charge >= 0.3 is 6.03 Å². The van der Waals surface area contributed by atoms with Crippen molar-refractivity contribution < 1.29 is 22.7 Å². The summed E-state index contributed by atoms with van der Waals surface area (Å²) < 4.78 is 33.1. The first-order valence-electron chi connectivity index (χ1n) is 12.8. The van der Waals surface area contributed by atoms with Crippen molar-refractivity contribution in [2.45, 2.75) is 69.2 Å². The second-order valence-electron chi connectivity index (χ2n) is 10.2. The molecule has 2 saturated carbocycles. The summed E-state index contributed by atoms with van der Waals surface area (Å²) >= 11 is 0. The number of ether oxygens (including phenoxy) is 1. The molecule has 4 unspecified atom stereocenters. The maximum absolute atomic E-state index is 13.2. The number of anilines is 1. The van der Waals surface area contributed by atoms with Crippen LogP contribution in [0, 0.1) is 17.8 Å². The quantitative estimate of drug-likeness (QED) is 0.500. The van der Waals surface area contributed by atoms with Crippen LogP contribution in [0.15, 0.2) is 23.1 Å². The number of benzene rings is 1. The van der Waals surface area contributed by atoms with E-state index in [0.29, 0.717) is 30.7 Å². The second kappa shape index (κ2) is 11.2. The van der Waals surface area contributed by atoms with E-state index in [4.69, 9.17) is 4.74 Å². The Balaban J connectivity index is 1.33. The van der Waals surface area contributed by atoms with Crippen molar-refractivity contribution in [1.29, 1.82) is 0 Å². The van der Waals surface area contributed by atoms with E-state index < -0.39 is 15.9 Å². The zero-order valence-electron chi connectivity index (χ0n) is 20.7. The topological polar surface area (TPSA) is 117 Å². The van der Waals surface area contributed by atoms with Gasteiger partial charge in [-0.1, -0.05) is 19.3 Å². The van der Waals surface area contributed by atoms with Crippen LogP contribution in [-0.4, -0.2) is 57.4 Å². The van der Waals surface area contributed by atoms with Gasteiger partial charge in [0.15, 0.2) is 0 Å². The van der Waals surface area contributed by atoms with Gasteiger partial charge in [0.2, 0.25) is 15.9 Å². The van der Waals surface area contributed by atoms with E-state index in [1.807, 2.05) is 6.92 Å². The summed E-state index contributed by atoms with van der Waals surface area (Å²) in [5.74, 6) is 1.89. The number of fused-ring (bicyclic) bond motifs is 2. The molecule has 10 heteroatoms. The Kier molecular flexibility index (Phi) is 8.21.